The van der Waals surface area contributed by atoms with E-state index in [0.29, 0.717) is 5.56 Å². The van der Waals surface area contributed by atoms with Gasteiger partial charge in [-0.25, -0.2) is 0 Å². The molecule has 0 fully saturated rings. The molecule has 142 valence electrons. The van der Waals surface area contributed by atoms with Gasteiger partial charge >= 0.3 is 0 Å². The van der Waals surface area contributed by atoms with Crippen molar-refractivity contribution < 1.29 is 14.4 Å². The largest absolute Gasteiger partial charge is 0.294 e. The van der Waals surface area contributed by atoms with E-state index in [4.69, 9.17) is 0 Å². The molecule has 0 aromatic heterocycles. The van der Waals surface area contributed by atoms with Crippen LogP contribution in [0.5, 0.6) is 0 Å². The second-order valence-corrected chi connectivity index (χ2v) is 6.46. The highest BCUT2D eigenvalue weighted by atomic mass is 16.2. The second kappa shape index (κ2) is 9.90. The number of benzene rings is 3. The lowest BCUT2D eigenvalue weighted by atomic mass is 9.89. The van der Waals surface area contributed by atoms with Gasteiger partial charge in [0.25, 0.3) is 0 Å². The number of Topliss-reactive ketones (excluding diaryl/α,β-unsaturated/α-hetero) is 1. The average molecular weight is 380 g/mol. The smallest absolute Gasteiger partial charge is 0.181 e. The van der Waals surface area contributed by atoms with Gasteiger partial charge in [0.15, 0.2) is 17.3 Å². The Hall–Kier alpha value is -3.85. The zero-order valence-electron chi connectivity index (χ0n) is 15.8. The molecule has 3 heteroatoms. The summed E-state index contributed by atoms with van der Waals surface area (Å²) in [6.07, 6.45) is 5.83. The van der Waals surface area contributed by atoms with Crippen LogP contribution >= 0.6 is 0 Å². The molecule has 3 rings (SSSR count). The Balaban J connectivity index is 1.87. The summed E-state index contributed by atoms with van der Waals surface area (Å²) in [5, 5.41) is 0. The normalized spacial score (nSPS) is 11.2. The van der Waals surface area contributed by atoms with Crippen LogP contribution in [0.15, 0.2) is 103 Å². The van der Waals surface area contributed by atoms with Crippen molar-refractivity contribution >= 4 is 29.5 Å². The fourth-order valence-corrected chi connectivity index (χ4v) is 2.85. The maximum absolute atomic E-state index is 12.9. The summed E-state index contributed by atoms with van der Waals surface area (Å²) in [5.41, 5.74) is 1.97. The van der Waals surface area contributed by atoms with Crippen LogP contribution in [0.4, 0.5) is 0 Å². The quantitative estimate of drug-likeness (QED) is 0.312. The Bertz CT molecular complexity index is 972. The third-order valence-electron chi connectivity index (χ3n) is 4.37. The summed E-state index contributed by atoms with van der Waals surface area (Å²) in [4.78, 5) is 38.6. The summed E-state index contributed by atoms with van der Waals surface area (Å²) < 4.78 is 0. The molecule has 0 aliphatic carbocycles. The van der Waals surface area contributed by atoms with Crippen LogP contribution in [-0.4, -0.2) is 17.3 Å². The molecular weight excluding hydrogens is 360 g/mol. The Morgan fingerprint density at radius 1 is 0.552 bits per heavy atom. The first kappa shape index (κ1) is 19.9. The van der Waals surface area contributed by atoms with Crippen molar-refractivity contribution in [3.63, 3.8) is 0 Å². The highest BCUT2D eigenvalue weighted by Crippen LogP contribution is 2.15. The predicted octanol–water partition coefficient (Wildman–Crippen LogP) is 5.05. The van der Waals surface area contributed by atoms with Crippen LogP contribution in [0.1, 0.15) is 21.5 Å². The molecular formula is C26H20O3. The van der Waals surface area contributed by atoms with E-state index in [0.717, 1.165) is 11.1 Å². The minimum Gasteiger partial charge on any atom is -0.294 e. The summed E-state index contributed by atoms with van der Waals surface area (Å²) in [6.45, 7) is 0. The predicted molar refractivity (Wildman–Crippen MR) is 115 cm³/mol. The van der Waals surface area contributed by atoms with Crippen LogP contribution in [0.3, 0.4) is 0 Å². The Kier molecular flexibility index (Phi) is 6.80. The van der Waals surface area contributed by atoms with E-state index in [-0.39, 0.29) is 0 Å². The molecule has 3 nitrogen and oxygen atoms in total. The van der Waals surface area contributed by atoms with Gasteiger partial charge in [-0.05, 0) is 23.3 Å². The van der Waals surface area contributed by atoms with Gasteiger partial charge in [0.1, 0.15) is 5.92 Å². The Morgan fingerprint density at radius 3 is 1.34 bits per heavy atom. The molecule has 0 bridgehead atoms. The molecule has 0 atom stereocenters. The van der Waals surface area contributed by atoms with Gasteiger partial charge in [0.05, 0.1) is 0 Å². The average Bonchev–Trinajstić information content (AvgIpc) is 2.78. The molecule has 0 spiro atoms. The molecule has 0 amide bonds. The van der Waals surface area contributed by atoms with Gasteiger partial charge < -0.3 is 0 Å². The van der Waals surface area contributed by atoms with Gasteiger partial charge in [0, 0.05) is 5.56 Å². The summed E-state index contributed by atoms with van der Waals surface area (Å²) in [6, 6.07) is 26.9. The maximum Gasteiger partial charge on any atom is 0.181 e. The Labute approximate surface area is 170 Å². The van der Waals surface area contributed by atoms with Crippen LogP contribution in [-0.2, 0) is 9.59 Å². The van der Waals surface area contributed by atoms with Gasteiger partial charge in [-0.3, -0.25) is 14.4 Å². The number of allylic oxidation sites excluding steroid dienone is 2. The summed E-state index contributed by atoms with van der Waals surface area (Å²) >= 11 is 0. The fraction of sp³-hybridized carbons (Fsp3) is 0.0385. The number of hydrogen-bond acceptors (Lipinski definition) is 3. The number of rotatable bonds is 8. The molecule has 0 saturated heterocycles. The zero-order valence-corrected chi connectivity index (χ0v) is 15.8. The SMILES string of the molecule is O=C(/C=C\c1ccccc1)C(C(=O)/C=C\c1ccccc1)C(=O)c1ccccc1. The van der Waals surface area contributed by atoms with E-state index in [9.17, 15) is 14.4 Å². The van der Waals surface area contributed by atoms with E-state index in [1.165, 1.54) is 12.2 Å². The molecule has 29 heavy (non-hydrogen) atoms. The molecule has 0 heterocycles. The van der Waals surface area contributed by atoms with Crippen LogP contribution in [0.25, 0.3) is 12.2 Å². The standard InChI is InChI=1S/C26H20O3/c27-23(18-16-20-10-4-1-5-11-20)25(26(29)22-14-8-3-9-15-22)24(28)19-17-21-12-6-2-7-13-21/h1-19,25H/b18-16-,19-17-. The number of carbonyl (C=O) groups is 3. The minimum atomic E-state index is -1.41. The first-order chi connectivity index (χ1) is 14.1. The lowest BCUT2D eigenvalue weighted by molar-refractivity contribution is -0.125. The molecule has 0 radical (unpaired) electrons. The van der Waals surface area contributed by atoms with Crippen molar-refractivity contribution in [1.82, 2.24) is 0 Å². The van der Waals surface area contributed by atoms with Crippen molar-refractivity contribution in [1.29, 1.82) is 0 Å². The van der Waals surface area contributed by atoms with Crippen LogP contribution in [0, 0.1) is 5.92 Å². The van der Waals surface area contributed by atoms with E-state index in [1.807, 2.05) is 60.7 Å². The monoisotopic (exact) mass is 380 g/mol. The van der Waals surface area contributed by atoms with Crippen molar-refractivity contribution in [2.45, 2.75) is 0 Å². The minimum absolute atomic E-state index is 0.334. The molecule has 0 aliphatic rings. The van der Waals surface area contributed by atoms with Gasteiger partial charge in [-0.2, -0.15) is 0 Å². The van der Waals surface area contributed by atoms with Crippen molar-refractivity contribution in [2.24, 2.45) is 5.92 Å². The zero-order chi connectivity index (χ0) is 20.5. The van der Waals surface area contributed by atoms with Crippen LogP contribution in [0.2, 0.25) is 0 Å². The third-order valence-corrected chi connectivity index (χ3v) is 4.37. The third kappa shape index (κ3) is 5.56. The fourth-order valence-electron chi connectivity index (χ4n) is 2.85. The van der Waals surface area contributed by atoms with E-state index < -0.39 is 23.3 Å². The molecule has 3 aromatic rings. The van der Waals surface area contributed by atoms with E-state index in [1.54, 1.807) is 42.5 Å². The highest BCUT2D eigenvalue weighted by Gasteiger charge is 2.31. The lowest BCUT2D eigenvalue weighted by Gasteiger charge is -2.10. The Morgan fingerprint density at radius 2 is 0.931 bits per heavy atom. The maximum atomic E-state index is 12.9. The number of ketones is 3. The van der Waals surface area contributed by atoms with Crippen molar-refractivity contribution in [3.8, 4) is 0 Å². The van der Waals surface area contributed by atoms with E-state index in [2.05, 4.69) is 0 Å². The van der Waals surface area contributed by atoms with Crippen molar-refractivity contribution in [3.05, 3.63) is 120 Å². The summed E-state index contributed by atoms with van der Waals surface area (Å²) in [5.74, 6) is -2.98. The van der Waals surface area contributed by atoms with Gasteiger partial charge in [0.2, 0.25) is 0 Å². The molecule has 0 saturated carbocycles. The van der Waals surface area contributed by atoms with E-state index >= 15 is 0 Å². The summed E-state index contributed by atoms with van der Waals surface area (Å²) in [7, 11) is 0. The van der Waals surface area contributed by atoms with Crippen LogP contribution < -0.4 is 0 Å². The molecule has 0 aliphatic heterocycles. The molecule has 0 N–H and O–H groups in total. The topological polar surface area (TPSA) is 51.2 Å². The lowest BCUT2D eigenvalue weighted by Crippen LogP contribution is -2.30. The molecule has 3 aromatic carbocycles. The van der Waals surface area contributed by atoms with Gasteiger partial charge in [-0.15, -0.1) is 0 Å². The molecule has 0 unspecified atom stereocenters. The van der Waals surface area contributed by atoms with Gasteiger partial charge in [-0.1, -0.05) is 103 Å². The first-order valence-corrected chi connectivity index (χ1v) is 9.28. The number of hydrogen-bond donors (Lipinski definition) is 0. The highest BCUT2D eigenvalue weighted by molar-refractivity contribution is 6.29. The first-order valence-electron chi connectivity index (χ1n) is 9.28. The number of carbonyl (C=O) groups excluding carboxylic acids is 3. The second-order valence-electron chi connectivity index (χ2n) is 6.46. The van der Waals surface area contributed by atoms with Crippen molar-refractivity contribution in [2.75, 3.05) is 0 Å².